The van der Waals surface area contributed by atoms with E-state index in [1.54, 1.807) is 4.90 Å². The monoisotopic (exact) mass is 279 g/mol. The molecule has 0 bridgehead atoms. The molecule has 0 N–H and O–H groups in total. The van der Waals surface area contributed by atoms with Crippen molar-refractivity contribution in [3.05, 3.63) is 35.9 Å². The van der Waals surface area contributed by atoms with Crippen molar-refractivity contribution in [1.29, 1.82) is 0 Å². The number of carbonyl (C=O) groups is 2. The molecule has 20 heavy (non-hydrogen) atoms. The second kappa shape index (κ2) is 5.61. The van der Waals surface area contributed by atoms with Crippen LogP contribution in [0, 0.1) is 5.92 Å². The molecule has 0 unspecified atom stereocenters. The lowest BCUT2D eigenvalue weighted by Gasteiger charge is -2.27. The van der Waals surface area contributed by atoms with Gasteiger partial charge in [0.15, 0.2) is 5.60 Å². The van der Waals surface area contributed by atoms with Gasteiger partial charge in [0.2, 0.25) is 0 Å². The molecule has 0 radical (unpaired) electrons. The van der Waals surface area contributed by atoms with Gasteiger partial charge in [-0.05, 0) is 19.4 Å². The number of rotatable bonds is 5. The molecule has 0 saturated carbocycles. The van der Waals surface area contributed by atoms with E-state index >= 15 is 0 Å². The minimum atomic E-state index is -1.40. The quantitative estimate of drug-likeness (QED) is 0.775. The molecule has 108 valence electrons. The van der Waals surface area contributed by atoms with Crippen LogP contribution in [0.15, 0.2) is 30.3 Å². The Balaban J connectivity index is 2.26. The predicted octanol–water partition coefficient (Wildman–Crippen LogP) is 2.11. The van der Waals surface area contributed by atoms with Crippen molar-refractivity contribution in [2.24, 2.45) is 5.92 Å². The number of hydrogen-bond donors (Lipinski definition) is 0. The van der Waals surface area contributed by atoms with Crippen LogP contribution in [0.4, 0.5) is 4.39 Å². The molecule has 2 rings (SSSR count). The highest BCUT2D eigenvalue weighted by Gasteiger charge is 2.54. The first-order valence-electron chi connectivity index (χ1n) is 6.58. The summed E-state index contributed by atoms with van der Waals surface area (Å²) in [6.07, 6.45) is 0. The smallest absolute Gasteiger partial charge is 0.294 e. The summed E-state index contributed by atoms with van der Waals surface area (Å²) in [5, 5.41) is 0. The van der Waals surface area contributed by atoms with E-state index in [4.69, 9.17) is 4.74 Å². The lowest BCUT2D eigenvalue weighted by molar-refractivity contribution is -0.160. The average Bonchev–Trinajstić information content (AvgIpc) is 2.72. The fourth-order valence-electron chi connectivity index (χ4n) is 2.64. The molecule has 1 aromatic rings. The number of likely N-dealkylation sites (tertiary alicyclic amines) is 1. The number of benzene rings is 1. The van der Waals surface area contributed by atoms with Gasteiger partial charge in [0.1, 0.15) is 0 Å². The molecular formula is C15H18FNO3. The van der Waals surface area contributed by atoms with Gasteiger partial charge in [0.05, 0.1) is 18.6 Å². The normalized spacial score (nSPS) is 27.4. The standard InChI is InChI=1S/C15H18FNO3/c1-11(12-6-4-3-5-7-12)17-9-13(8-16)15(2,14(17)19)20-10-18/h3-7,10-11,13H,8-9H2,1-2H3/t11-,13+,15+/m1/s1. The van der Waals surface area contributed by atoms with E-state index in [9.17, 15) is 14.0 Å². The molecule has 0 aliphatic carbocycles. The highest BCUT2D eigenvalue weighted by molar-refractivity contribution is 5.89. The third kappa shape index (κ3) is 2.28. The summed E-state index contributed by atoms with van der Waals surface area (Å²) >= 11 is 0. The zero-order valence-corrected chi connectivity index (χ0v) is 11.6. The lowest BCUT2D eigenvalue weighted by atomic mass is 9.93. The van der Waals surface area contributed by atoms with Crippen molar-refractivity contribution < 1.29 is 18.7 Å². The van der Waals surface area contributed by atoms with E-state index in [0.717, 1.165) is 5.56 Å². The van der Waals surface area contributed by atoms with E-state index in [1.165, 1.54) is 6.92 Å². The third-order valence-electron chi connectivity index (χ3n) is 4.11. The van der Waals surface area contributed by atoms with Crippen molar-refractivity contribution in [3.8, 4) is 0 Å². The van der Waals surface area contributed by atoms with Gasteiger partial charge in [-0.2, -0.15) is 0 Å². The van der Waals surface area contributed by atoms with Crippen LogP contribution < -0.4 is 0 Å². The Labute approximate surface area is 117 Å². The van der Waals surface area contributed by atoms with Gasteiger partial charge in [-0.1, -0.05) is 30.3 Å². The Morgan fingerprint density at radius 3 is 2.70 bits per heavy atom. The van der Waals surface area contributed by atoms with Crippen LogP contribution in [0.2, 0.25) is 0 Å². The van der Waals surface area contributed by atoms with Crippen LogP contribution in [0.3, 0.4) is 0 Å². The molecular weight excluding hydrogens is 261 g/mol. The van der Waals surface area contributed by atoms with Crippen molar-refractivity contribution in [2.75, 3.05) is 13.2 Å². The van der Waals surface area contributed by atoms with Gasteiger partial charge in [-0.3, -0.25) is 14.0 Å². The average molecular weight is 279 g/mol. The minimum absolute atomic E-state index is 0.185. The fourth-order valence-corrected chi connectivity index (χ4v) is 2.64. The number of ether oxygens (including phenoxy) is 1. The van der Waals surface area contributed by atoms with Gasteiger partial charge in [0, 0.05) is 6.54 Å². The molecule has 0 aromatic heterocycles. The first-order valence-corrected chi connectivity index (χ1v) is 6.58. The van der Waals surface area contributed by atoms with Crippen molar-refractivity contribution in [1.82, 2.24) is 4.90 Å². The molecule has 1 saturated heterocycles. The molecule has 3 atom stereocenters. The van der Waals surface area contributed by atoms with Crippen molar-refractivity contribution in [3.63, 3.8) is 0 Å². The maximum atomic E-state index is 13.2. The van der Waals surface area contributed by atoms with Gasteiger partial charge < -0.3 is 9.64 Å². The van der Waals surface area contributed by atoms with E-state index in [-0.39, 0.29) is 25.0 Å². The topological polar surface area (TPSA) is 46.6 Å². The summed E-state index contributed by atoms with van der Waals surface area (Å²) in [5.41, 5.74) is -0.437. The van der Waals surface area contributed by atoms with Gasteiger partial charge in [-0.25, -0.2) is 0 Å². The Hall–Kier alpha value is -1.91. The summed E-state index contributed by atoms with van der Waals surface area (Å²) < 4.78 is 18.1. The Bertz CT molecular complexity index is 493. The number of hydrogen-bond acceptors (Lipinski definition) is 3. The third-order valence-corrected chi connectivity index (χ3v) is 4.11. The number of alkyl halides is 1. The Morgan fingerprint density at radius 1 is 1.50 bits per heavy atom. The maximum absolute atomic E-state index is 13.2. The van der Waals surface area contributed by atoms with Crippen LogP contribution in [-0.2, 0) is 14.3 Å². The van der Waals surface area contributed by atoms with Crippen molar-refractivity contribution in [2.45, 2.75) is 25.5 Å². The maximum Gasteiger partial charge on any atom is 0.294 e. The molecule has 1 aromatic carbocycles. The lowest BCUT2D eigenvalue weighted by Crippen LogP contribution is -2.44. The first kappa shape index (κ1) is 14.5. The van der Waals surface area contributed by atoms with Gasteiger partial charge in [-0.15, -0.1) is 0 Å². The number of nitrogens with zero attached hydrogens (tertiary/aromatic N) is 1. The molecule has 1 fully saturated rings. The summed E-state index contributed by atoms with van der Waals surface area (Å²) in [6, 6.07) is 9.32. The Kier molecular flexibility index (Phi) is 4.06. The van der Waals surface area contributed by atoms with Gasteiger partial charge in [0.25, 0.3) is 12.4 Å². The SMILES string of the molecule is C[C@H](c1ccccc1)N1C[C@H](CF)[C@](C)(OC=O)C1=O. The second-order valence-electron chi connectivity index (χ2n) is 5.22. The summed E-state index contributed by atoms with van der Waals surface area (Å²) in [7, 11) is 0. The molecule has 0 spiro atoms. The van der Waals surface area contributed by atoms with E-state index in [0.29, 0.717) is 0 Å². The second-order valence-corrected chi connectivity index (χ2v) is 5.22. The molecule has 4 nitrogen and oxygen atoms in total. The first-order chi connectivity index (χ1) is 9.54. The van der Waals surface area contributed by atoms with E-state index < -0.39 is 18.2 Å². The van der Waals surface area contributed by atoms with E-state index in [2.05, 4.69) is 0 Å². The molecule has 1 aliphatic rings. The number of amides is 1. The molecule has 5 heteroatoms. The summed E-state index contributed by atoms with van der Waals surface area (Å²) in [6.45, 7) is 3.13. The number of halogens is 1. The number of carbonyl (C=O) groups excluding carboxylic acids is 2. The largest absolute Gasteiger partial charge is 0.451 e. The molecule has 1 heterocycles. The summed E-state index contributed by atoms with van der Waals surface area (Å²) in [5.74, 6) is -0.977. The van der Waals surface area contributed by atoms with Crippen LogP contribution in [0.25, 0.3) is 0 Å². The zero-order valence-electron chi connectivity index (χ0n) is 11.6. The van der Waals surface area contributed by atoms with E-state index in [1.807, 2.05) is 37.3 Å². The van der Waals surface area contributed by atoms with Crippen LogP contribution >= 0.6 is 0 Å². The Morgan fingerprint density at radius 2 is 2.15 bits per heavy atom. The summed E-state index contributed by atoms with van der Waals surface area (Å²) in [4.78, 5) is 24.7. The molecule has 1 aliphatic heterocycles. The van der Waals surface area contributed by atoms with Gasteiger partial charge >= 0.3 is 0 Å². The minimum Gasteiger partial charge on any atom is -0.451 e. The zero-order chi connectivity index (χ0) is 14.8. The van der Waals surface area contributed by atoms with Crippen molar-refractivity contribution >= 4 is 12.4 Å². The van der Waals surface area contributed by atoms with Crippen LogP contribution in [0.1, 0.15) is 25.5 Å². The highest BCUT2D eigenvalue weighted by atomic mass is 19.1. The predicted molar refractivity (Wildman–Crippen MR) is 71.6 cm³/mol. The van der Waals surface area contributed by atoms with Crippen LogP contribution in [-0.4, -0.2) is 36.1 Å². The van der Waals surface area contributed by atoms with Crippen LogP contribution in [0.5, 0.6) is 0 Å². The highest BCUT2D eigenvalue weighted by Crippen LogP contribution is 2.37. The molecule has 1 amide bonds. The fraction of sp³-hybridized carbons (Fsp3) is 0.467.